The lowest BCUT2D eigenvalue weighted by Crippen LogP contribution is -2.30. The smallest absolute Gasteiger partial charge is 0.162 e. The maximum absolute atomic E-state index is 4.97. The van der Waals surface area contributed by atoms with Crippen molar-refractivity contribution in [1.82, 2.24) is 25.1 Å². The zero-order valence-electron chi connectivity index (χ0n) is 16.3. The highest BCUT2D eigenvalue weighted by atomic mass is 15.3. The van der Waals surface area contributed by atoms with Crippen LogP contribution in [0.25, 0.3) is 22.3 Å². The summed E-state index contributed by atoms with van der Waals surface area (Å²) in [5.41, 5.74) is 5.32. The number of hydrogen-bond donors (Lipinski definition) is 2. The van der Waals surface area contributed by atoms with E-state index in [-0.39, 0.29) is 0 Å². The lowest BCUT2D eigenvalue weighted by atomic mass is 10.1. The van der Waals surface area contributed by atoms with Crippen LogP contribution in [0.5, 0.6) is 0 Å². The minimum atomic E-state index is 0.384. The topological polar surface area (TPSA) is 67.7 Å². The first-order chi connectivity index (χ1) is 14.4. The molecule has 6 nitrogen and oxygen atoms in total. The van der Waals surface area contributed by atoms with E-state index < -0.39 is 0 Å². The molecular formula is C23H24N6. The molecule has 4 aromatic rings. The predicted molar refractivity (Wildman–Crippen MR) is 116 cm³/mol. The third kappa shape index (κ3) is 3.71. The van der Waals surface area contributed by atoms with Gasteiger partial charge in [0.1, 0.15) is 12.0 Å². The minimum Gasteiger partial charge on any atom is -0.381 e. The van der Waals surface area contributed by atoms with Gasteiger partial charge in [0.2, 0.25) is 0 Å². The van der Waals surface area contributed by atoms with Crippen molar-refractivity contribution < 1.29 is 0 Å². The Bertz CT molecular complexity index is 1080. The molecular weight excluding hydrogens is 360 g/mol. The molecule has 0 unspecified atom stereocenters. The summed E-state index contributed by atoms with van der Waals surface area (Å²) in [5, 5.41) is 12.9. The normalized spacial score (nSPS) is 14.9. The monoisotopic (exact) mass is 384 g/mol. The summed E-state index contributed by atoms with van der Waals surface area (Å²) in [6.45, 7) is 2.85. The second-order valence-corrected chi connectivity index (χ2v) is 7.45. The first kappa shape index (κ1) is 17.8. The number of piperidine rings is 1. The standard InChI is InChI=1S/C23H24N6/c1-2-4-17(5-3-1)14-26-19-8-6-18(7-9-19)22-21-15-25-16-27-23(21)29(28-22)20-10-12-24-13-11-20/h1-9,15-16,20,24,26H,10-14H2. The number of fused-ring (bicyclic) bond motifs is 1. The van der Waals surface area contributed by atoms with Crippen molar-refractivity contribution in [2.75, 3.05) is 18.4 Å². The molecule has 5 rings (SSSR count). The fraction of sp³-hybridized carbons (Fsp3) is 0.261. The number of rotatable bonds is 5. The average molecular weight is 384 g/mol. The minimum absolute atomic E-state index is 0.384. The van der Waals surface area contributed by atoms with Gasteiger partial charge in [-0.3, -0.25) is 0 Å². The van der Waals surface area contributed by atoms with Gasteiger partial charge < -0.3 is 10.6 Å². The highest BCUT2D eigenvalue weighted by Crippen LogP contribution is 2.31. The Hall–Kier alpha value is -3.25. The number of anilines is 1. The van der Waals surface area contributed by atoms with Crippen LogP contribution in [0.15, 0.2) is 67.1 Å². The lowest BCUT2D eigenvalue weighted by Gasteiger charge is -2.23. The van der Waals surface area contributed by atoms with E-state index in [9.17, 15) is 0 Å². The summed E-state index contributed by atoms with van der Waals surface area (Å²) in [7, 11) is 0. The van der Waals surface area contributed by atoms with Gasteiger partial charge in [-0.2, -0.15) is 5.10 Å². The number of hydrogen-bond acceptors (Lipinski definition) is 5. The van der Waals surface area contributed by atoms with E-state index in [1.165, 1.54) is 5.56 Å². The van der Waals surface area contributed by atoms with E-state index in [0.717, 1.165) is 60.5 Å². The Labute approximate surface area is 170 Å². The fourth-order valence-corrected chi connectivity index (χ4v) is 3.95. The van der Waals surface area contributed by atoms with Crippen LogP contribution < -0.4 is 10.6 Å². The van der Waals surface area contributed by atoms with E-state index in [1.807, 2.05) is 12.3 Å². The van der Waals surface area contributed by atoms with Crippen LogP contribution in [-0.4, -0.2) is 32.8 Å². The lowest BCUT2D eigenvalue weighted by molar-refractivity contribution is 0.350. The van der Waals surface area contributed by atoms with Crippen molar-refractivity contribution in [1.29, 1.82) is 0 Å². The molecule has 3 heterocycles. The molecule has 2 aromatic carbocycles. The fourth-order valence-electron chi connectivity index (χ4n) is 3.95. The molecule has 0 saturated carbocycles. The third-order valence-corrected chi connectivity index (χ3v) is 5.52. The average Bonchev–Trinajstić information content (AvgIpc) is 3.19. The number of nitrogens with one attached hydrogen (secondary N) is 2. The largest absolute Gasteiger partial charge is 0.381 e. The van der Waals surface area contributed by atoms with Gasteiger partial charge in [0.25, 0.3) is 0 Å². The second kappa shape index (κ2) is 8.01. The Morgan fingerprint density at radius 1 is 1.00 bits per heavy atom. The van der Waals surface area contributed by atoms with Crippen molar-refractivity contribution in [3.63, 3.8) is 0 Å². The van der Waals surface area contributed by atoms with Crippen molar-refractivity contribution >= 4 is 16.7 Å². The molecule has 0 aliphatic carbocycles. The summed E-state index contributed by atoms with van der Waals surface area (Å²) >= 11 is 0. The van der Waals surface area contributed by atoms with Crippen molar-refractivity contribution in [2.45, 2.75) is 25.4 Å². The zero-order valence-corrected chi connectivity index (χ0v) is 16.3. The molecule has 0 bridgehead atoms. The second-order valence-electron chi connectivity index (χ2n) is 7.45. The number of nitrogens with zero attached hydrogens (tertiary/aromatic N) is 4. The van der Waals surface area contributed by atoms with Crippen LogP contribution in [0.4, 0.5) is 5.69 Å². The summed E-state index contributed by atoms with van der Waals surface area (Å²) in [6, 6.07) is 19.3. The Kier molecular flexibility index (Phi) is 4.92. The van der Waals surface area contributed by atoms with Crippen LogP contribution in [0.3, 0.4) is 0 Å². The van der Waals surface area contributed by atoms with Crippen molar-refractivity contribution in [2.24, 2.45) is 0 Å². The first-order valence-electron chi connectivity index (χ1n) is 10.2. The summed E-state index contributed by atoms with van der Waals surface area (Å²) in [6.07, 6.45) is 5.64. The van der Waals surface area contributed by atoms with Gasteiger partial charge >= 0.3 is 0 Å². The Morgan fingerprint density at radius 2 is 1.79 bits per heavy atom. The molecule has 29 heavy (non-hydrogen) atoms. The van der Waals surface area contributed by atoms with Gasteiger partial charge in [-0.15, -0.1) is 0 Å². The van der Waals surface area contributed by atoms with E-state index in [0.29, 0.717) is 6.04 Å². The van der Waals surface area contributed by atoms with Crippen LogP contribution in [0.2, 0.25) is 0 Å². The molecule has 2 aromatic heterocycles. The number of benzene rings is 2. The molecule has 0 radical (unpaired) electrons. The van der Waals surface area contributed by atoms with Gasteiger partial charge in [0.05, 0.1) is 11.4 Å². The zero-order chi connectivity index (χ0) is 19.5. The third-order valence-electron chi connectivity index (χ3n) is 5.52. The van der Waals surface area contributed by atoms with Crippen LogP contribution in [0.1, 0.15) is 24.4 Å². The summed E-state index contributed by atoms with van der Waals surface area (Å²) < 4.78 is 2.11. The van der Waals surface area contributed by atoms with Crippen molar-refractivity contribution in [3.8, 4) is 11.3 Å². The van der Waals surface area contributed by atoms with Crippen LogP contribution in [-0.2, 0) is 6.54 Å². The molecule has 1 fully saturated rings. The van der Waals surface area contributed by atoms with Gasteiger partial charge in [-0.05, 0) is 43.6 Å². The maximum Gasteiger partial charge on any atom is 0.162 e. The molecule has 1 aliphatic rings. The van der Waals surface area contributed by atoms with E-state index in [1.54, 1.807) is 6.33 Å². The molecule has 1 aliphatic heterocycles. The van der Waals surface area contributed by atoms with Gasteiger partial charge in [-0.1, -0.05) is 42.5 Å². The molecule has 0 atom stereocenters. The summed E-state index contributed by atoms with van der Waals surface area (Å²) in [5.74, 6) is 0. The van der Waals surface area contributed by atoms with Gasteiger partial charge in [0.15, 0.2) is 5.65 Å². The first-order valence-corrected chi connectivity index (χ1v) is 10.2. The van der Waals surface area contributed by atoms with Crippen LogP contribution in [0, 0.1) is 0 Å². The van der Waals surface area contributed by atoms with Gasteiger partial charge in [0, 0.05) is 24.0 Å². The number of aromatic nitrogens is 4. The molecule has 146 valence electrons. The Balaban J connectivity index is 1.41. The molecule has 6 heteroatoms. The predicted octanol–water partition coefficient (Wildman–Crippen LogP) is 4.03. The quantitative estimate of drug-likeness (QED) is 0.544. The highest BCUT2D eigenvalue weighted by molar-refractivity contribution is 5.90. The summed E-state index contributed by atoms with van der Waals surface area (Å²) in [4.78, 5) is 8.79. The van der Waals surface area contributed by atoms with E-state index in [2.05, 4.69) is 73.8 Å². The molecule has 0 spiro atoms. The van der Waals surface area contributed by atoms with Crippen molar-refractivity contribution in [3.05, 3.63) is 72.7 Å². The van der Waals surface area contributed by atoms with E-state index >= 15 is 0 Å². The molecule has 2 N–H and O–H groups in total. The molecule has 1 saturated heterocycles. The van der Waals surface area contributed by atoms with Gasteiger partial charge in [-0.25, -0.2) is 14.6 Å². The SMILES string of the molecule is c1ccc(CNc2ccc(-c3nn(C4CCNCC4)c4ncncc34)cc2)cc1. The molecule has 0 amide bonds. The van der Waals surface area contributed by atoms with E-state index in [4.69, 9.17) is 5.10 Å². The Morgan fingerprint density at radius 3 is 2.59 bits per heavy atom. The van der Waals surface area contributed by atoms with Crippen LogP contribution >= 0.6 is 0 Å². The maximum atomic E-state index is 4.97. The highest BCUT2D eigenvalue weighted by Gasteiger charge is 2.21.